The van der Waals surface area contributed by atoms with Crippen molar-refractivity contribution < 1.29 is 9.47 Å². The number of rotatable bonds is 6. The van der Waals surface area contributed by atoms with E-state index in [9.17, 15) is 4.79 Å². The summed E-state index contributed by atoms with van der Waals surface area (Å²) in [6.07, 6.45) is 7.86. The van der Waals surface area contributed by atoms with Crippen LogP contribution in [0.25, 0.3) is 22.9 Å². The first kappa shape index (κ1) is 19.6. The van der Waals surface area contributed by atoms with E-state index >= 15 is 0 Å². The highest BCUT2D eigenvalue weighted by molar-refractivity contribution is 5.76. The number of fused-ring (bicyclic) bond motifs is 1. The predicted molar refractivity (Wildman–Crippen MR) is 122 cm³/mol. The molecule has 1 atom stereocenters. The molecule has 0 spiro atoms. The molecule has 1 saturated carbocycles. The van der Waals surface area contributed by atoms with E-state index in [2.05, 4.69) is 10.3 Å². The van der Waals surface area contributed by atoms with Crippen molar-refractivity contribution in [2.45, 2.75) is 31.9 Å². The van der Waals surface area contributed by atoms with E-state index in [0.717, 1.165) is 28.3 Å². The number of aromatic nitrogens is 2. The zero-order chi connectivity index (χ0) is 21.4. The molecule has 0 bridgehead atoms. The molecule has 1 N–H and O–H groups in total. The summed E-state index contributed by atoms with van der Waals surface area (Å²) < 4.78 is 12.7. The number of ether oxygens (including phenoxy) is 2. The van der Waals surface area contributed by atoms with E-state index in [4.69, 9.17) is 9.47 Å². The average molecular weight is 415 g/mol. The Kier molecular flexibility index (Phi) is 5.08. The molecule has 2 aromatic heterocycles. The molecule has 0 radical (unpaired) electrons. The molecular formula is C25H25N3O3. The van der Waals surface area contributed by atoms with Crippen LogP contribution in [0.2, 0.25) is 0 Å². The second-order valence-electron chi connectivity index (χ2n) is 7.83. The van der Waals surface area contributed by atoms with Crippen molar-refractivity contribution in [2.75, 3.05) is 19.0 Å². The van der Waals surface area contributed by atoms with Crippen molar-refractivity contribution in [2.24, 2.45) is 0 Å². The van der Waals surface area contributed by atoms with Crippen LogP contribution in [0.4, 0.5) is 5.82 Å². The van der Waals surface area contributed by atoms with E-state index in [-0.39, 0.29) is 11.8 Å². The largest absolute Gasteiger partial charge is 0.497 e. The fraction of sp³-hybridized carbons (Fsp3) is 0.280. The van der Waals surface area contributed by atoms with Crippen LogP contribution in [0.15, 0.2) is 59.5 Å². The van der Waals surface area contributed by atoms with E-state index in [1.54, 1.807) is 17.9 Å². The van der Waals surface area contributed by atoms with Gasteiger partial charge in [-0.15, -0.1) is 0 Å². The van der Waals surface area contributed by atoms with Gasteiger partial charge in [-0.25, -0.2) is 0 Å². The standard InChI is InChI=1S/C25H25N3O3/c1-3-31-23-13-8-18-14-21(16-6-10-20(30-2)11-7-16)25(29)28(24(18)27-23)19-9-12-22(26-15-19)17-4-5-17/h6-15,17,23,27H,3-5H2,1-2H3. The summed E-state index contributed by atoms with van der Waals surface area (Å²) in [5.41, 5.74) is 4.10. The van der Waals surface area contributed by atoms with Gasteiger partial charge in [-0.3, -0.25) is 14.3 Å². The number of methoxy groups -OCH3 is 1. The van der Waals surface area contributed by atoms with Gasteiger partial charge in [0.2, 0.25) is 0 Å². The van der Waals surface area contributed by atoms with Crippen molar-refractivity contribution in [3.05, 3.63) is 76.3 Å². The molecule has 3 heterocycles. The summed E-state index contributed by atoms with van der Waals surface area (Å²) in [5.74, 6) is 2.03. The van der Waals surface area contributed by atoms with Gasteiger partial charge in [-0.05, 0) is 61.7 Å². The Hall–Kier alpha value is -3.38. The Morgan fingerprint density at radius 1 is 1.16 bits per heavy atom. The SMILES string of the molecule is CCOC1C=Cc2cc(-c3ccc(OC)cc3)c(=O)n(-c3ccc(C4CC4)nc3)c2N1. The van der Waals surface area contributed by atoms with E-state index < -0.39 is 0 Å². The highest BCUT2D eigenvalue weighted by Crippen LogP contribution is 2.39. The van der Waals surface area contributed by atoms with Gasteiger partial charge in [0.1, 0.15) is 17.8 Å². The Bertz CT molecular complexity index is 1180. The van der Waals surface area contributed by atoms with Gasteiger partial charge in [-0.2, -0.15) is 0 Å². The molecule has 0 amide bonds. The minimum atomic E-state index is -0.284. The first-order valence-electron chi connectivity index (χ1n) is 10.6. The lowest BCUT2D eigenvalue weighted by Gasteiger charge is -2.26. The zero-order valence-electron chi connectivity index (χ0n) is 17.7. The fourth-order valence-corrected chi connectivity index (χ4v) is 3.94. The number of nitrogens with zero attached hydrogens (tertiary/aromatic N) is 2. The third-order valence-electron chi connectivity index (χ3n) is 5.73. The lowest BCUT2D eigenvalue weighted by atomic mass is 10.0. The molecule has 31 heavy (non-hydrogen) atoms. The second-order valence-corrected chi connectivity index (χ2v) is 7.83. The molecule has 3 aromatic rings. The summed E-state index contributed by atoms with van der Waals surface area (Å²) in [4.78, 5) is 18.3. The smallest absolute Gasteiger partial charge is 0.264 e. The normalized spacial score (nSPS) is 17.2. The van der Waals surface area contributed by atoms with Crippen molar-refractivity contribution in [1.82, 2.24) is 9.55 Å². The number of benzene rings is 1. The van der Waals surface area contributed by atoms with Crippen LogP contribution in [-0.2, 0) is 4.74 Å². The number of hydrogen-bond donors (Lipinski definition) is 1. The van der Waals surface area contributed by atoms with Gasteiger partial charge in [-0.1, -0.05) is 18.2 Å². The van der Waals surface area contributed by atoms with Gasteiger partial charge >= 0.3 is 0 Å². The number of nitrogens with one attached hydrogen (secondary N) is 1. The van der Waals surface area contributed by atoms with Crippen LogP contribution < -0.4 is 15.6 Å². The van der Waals surface area contributed by atoms with Crippen LogP contribution in [0.3, 0.4) is 0 Å². The lowest BCUT2D eigenvalue weighted by molar-refractivity contribution is 0.115. The monoisotopic (exact) mass is 415 g/mol. The summed E-state index contributed by atoms with van der Waals surface area (Å²) in [5, 5.41) is 3.36. The molecule has 6 nitrogen and oxygen atoms in total. The summed E-state index contributed by atoms with van der Waals surface area (Å²) in [6, 6.07) is 13.5. The number of hydrogen-bond acceptors (Lipinski definition) is 5. The van der Waals surface area contributed by atoms with Gasteiger partial charge in [0.15, 0.2) is 0 Å². The average Bonchev–Trinajstić information content (AvgIpc) is 3.65. The van der Waals surface area contributed by atoms with Crippen molar-refractivity contribution in [1.29, 1.82) is 0 Å². The lowest BCUT2D eigenvalue weighted by Crippen LogP contribution is -2.31. The Labute approximate surface area is 181 Å². The maximum Gasteiger partial charge on any atom is 0.264 e. The topological polar surface area (TPSA) is 65.4 Å². The van der Waals surface area contributed by atoms with Crippen LogP contribution in [0.5, 0.6) is 5.75 Å². The zero-order valence-corrected chi connectivity index (χ0v) is 17.7. The molecule has 6 heteroatoms. The molecule has 1 aliphatic carbocycles. The van der Waals surface area contributed by atoms with Crippen molar-refractivity contribution in [3.8, 4) is 22.6 Å². The molecule has 2 aliphatic rings. The van der Waals surface area contributed by atoms with Gasteiger partial charge in [0.05, 0.1) is 19.0 Å². The molecular weight excluding hydrogens is 390 g/mol. The fourth-order valence-electron chi connectivity index (χ4n) is 3.94. The van der Waals surface area contributed by atoms with Crippen molar-refractivity contribution in [3.63, 3.8) is 0 Å². The number of pyridine rings is 2. The molecule has 158 valence electrons. The third kappa shape index (κ3) is 3.75. The Balaban J connectivity index is 1.66. The maximum atomic E-state index is 13.7. The van der Waals surface area contributed by atoms with Gasteiger partial charge in [0, 0.05) is 29.3 Å². The predicted octanol–water partition coefficient (Wildman–Crippen LogP) is 4.59. The van der Waals surface area contributed by atoms with E-state index in [0.29, 0.717) is 23.9 Å². The minimum absolute atomic E-state index is 0.108. The second kappa shape index (κ2) is 8.04. The quantitative estimate of drug-likeness (QED) is 0.638. The van der Waals surface area contributed by atoms with Crippen LogP contribution in [0.1, 0.15) is 36.9 Å². The maximum absolute atomic E-state index is 13.7. The van der Waals surface area contributed by atoms with Gasteiger partial charge < -0.3 is 14.8 Å². The molecule has 1 aliphatic heterocycles. The Morgan fingerprint density at radius 3 is 2.61 bits per heavy atom. The first-order valence-corrected chi connectivity index (χ1v) is 10.6. The Morgan fingerprint density at radius 2 is 1.97 bits per heavy atom. The minimum Gasteiger partial charge on any atom is -0.497 e. The van der Waals surface area contributed by atoms with Gasteiger partial charge in [0.25, 0.3) is 5.56 Å². The third-order valence-corrected chi connectivity index (χ3v) is 5.73. The van der Waals surface area contributed by atoms with E-state index in [1.165, 1.54) is 12.8 Å². The molecule has 1 unspecified atom stereocenters. The van der Waals surface area contributed by atoms with Crippen molar-refractivity contribution >= 4 is 11.9 Å². The van der Waals surface area contributed by atoms with E-state index in [1.807, 2.05) is 61.5 Å². The summed E-state index contributed by atoms with van der Waals surface area (Å²) in [6.45, 7) is 2.52. The van der Waals surface area contributed by atoms with Crippen LogP contribution in [0, 0.1) is 0 Å². The molecule has 1 aromatic carbocycles. The van der Waals surface area contributed by atoms with Crippen LogP contribution >= 0.6 is 0 Å². The van der Waals surface area contributed by atoms with Crippen LogP contribution in [-0.4, -0.2) is 29.5 Å². The molecule has 5 rings (SSSR count). The molecule has 1 fully saturated rings. The highest BCUT2D eigenvalue weighted by Gasteiger charge is 2.25. The summed E-state index contributed by atoms with van der Waals surface area (Å²) in [7, 11) is 1.63. The summed E-state index contributed by atoms with van der Waals surface area (Å²) >= 11 is 0. The highest BCUT2D eigenvalue weighted by atomic mass is 16.5. The number of anilines is 1. The molecule has 0 saturated heterocycles. The first-order chi connectivity index (χ1) is 15.2.